The van der Waals surface area contributed by atoms with Crippen LogP contribution < -0.4 is 10.3 Å². The molecular weight excluding hydrogens is 342 g/mol. The van der Waals surface area contributed by atoms with Crippen LogP contribution in [0.15, 0.2) is 47.3 Å². The topological polar surface area (TPSA) is 67.3 Å². The molecule has 1 amide bonds. The Labute approximate surface area is 156 Å². The average molecular weight is 363 g/mol. The minimum Gasteiger partial charge on any atom is -0.497 e. The van der Waals surface area contributed by atoms with Gasteiger partial charge in [-0.2, -0.15) is 0 Å². The molecule has 27 heavy (non-hydrogen) atoms. The third-order valence-electron chi connectivity index (χ3n) is 5.83. The van der Waals surface area contributed by atoms with Gasteiger partial charge in [0, 0.05) is 54.3 Å². The van der Waals surface area contributed by atoms with Gasteiger partial charge in [-0.1, -0.05) is 6.07 Å². The summed E-state index contributed by atoms with van der Waals surface area (Å²) in [7, 11) is 1.63. The Morgan fingerprint density at radius 3 is 2.89 bits per heavy atom. The number of pyridine rings is 1. The van der Waals surface area contributed by atoms with Gasteiger partial charge in [0.2, 0.25) is 0 Å². The molecule has 6 nitrogen and oxygen atoms in total. The number of hydrogen-bond acceptors (Lipinski definition) is 3. The van der Waals surface area contributed by atoms with Crippen molar-refractivity contribution < 1.29 is 9.53 Å². The molecule has 1 saturated heterocycles. The maximum Gasteiger partial charge on any atom is 0.270 e. The molecule has 3 aromatic rings. The van der Waals surface area contributed by atoms with Crippen LogP contribution in [-0.2, 0) is 6.54 Å². The molecule has 2 aliphatic heterocycles. The molecule has 0 spiro atoms. The molecule has 0 saturated carbocycles. The SMILES string of the molecule is COc1ccc2cc(C(=O)N3C[C@H]4C[C@@H](C3)c3cccc(=O)n3C4)[nH]c2c1. The van der Waals surface area contributed by atoms with E-state index in [1.165, 1.54) is 0 Å². The number of fused-ring (bicyclic) bond motifs is 5. The fraction of sp³-hybridized carbons (Fsp3) is 0.333. The zero-order valence-corrected chi connectivity index (χ0v) is 15.1. The average Bonchev–Trinajstić information content (AvgIpc) is 3.11. The summed E-state index contributed by atoms with van der Waals surface area (Å²) in [5.74, 6) is 1.33. The van der Waals surface area contributed by atoms with Crippen LogP contribution in [0.5, 0.6) is 5.75 Å². The normalized spacial score (nSPS) is 21.1. The van der Waals surface area contributed by atoms with Gasteiger partial charge >= 0.3 is 0 Å². The molecule has 1 N–H and O–H groups in total. The molecule has 6 heteroatoms. The lowest BCUT2D eigenvalue weighted by Gasteiger charge is -2.42. The van der Waals surface area contributed by atoms with E-state index < -0.39 is 0 Å². The number of piperidine rings is 1. The number of ether oxygens (including phenoxy) is 1. The van der Waals surface area contributed by atoms with Crippen molar-refractivity contribution in [2.24, 2.45) is 5.92 Å². The van der Waals surface area contributed by atoms with Crippen molar-refractivity contribution in [2.45, 2.75) is 18.9 Å². The van der Waals surface area contributed by atoms with E-state index in [-0.39, 0.29) is 17.4 Å². The summed E-state index contributed by atoms with van der Waals surface area (Å²) in [5, 5.41) is 0.994. The Morgan fingerprint density at radius 1 is 1.15 bits per heavy atom. The summed E-state index contributed by atoms with van der Waals surface area (Å²) < 4.78 is 7.14. The van der Waals surface area contributed by atoms with Crippen LogP contribution in [0.1, 0.15) is 28.5 Å². The number of aromatic nitrogens is 2. The highest BCUT2D eigenvalue weighted by molar-refractivity contribution is 5.98. The van der Waals surface area contributed by atoms with Gasteiger partial charge < -0.3 is 19.2 Å². The number of H-pyrrole nitrogens is 1. The second kappa shape index (κ2) is 6.01. The van der Waals surface area contributed by atoms with Crippen molar-refractivity contribution in [2.75, 3.05) is 20.2 Å². The van der Waals surface area contributed by atoms with Crippen molar-refractivity contribution >= 4 is 16.8 Å². The molecule has 0 aliphatic carbocycles. The van der Waals surface area contributed by atoms with E-state index in [0.29, 0.717) is 31.2 Å². The first-order valence-electron chi connectivity index (χ1n) is 9.28. The van der Waals surface area contributed by atoms with Crippen molar-refractivity contribution in [3.63, 3.8) is 0 Å². The predicted octanol–water partition coefficient (Wildman–Crippen LogP) is 2.60. The fourth-order valence-corrected chi connectivity index (χ4v) is 4.58. The number of carbonyl (C=O) groups is 1. The van der Waals surface area contributed by atoms with E-state index in [2.05, 4.69) is 4.98 Å². The summed E-state index contributed by atoms with van der Waals surface area (Å²) in [6.07, 6.45) is 1.04. The number of hydrogen-bond donors (Lipinski definition) is 1. The Morgan fingerprint density at radius 2 is 2.04 bits per heavy atom. The second-order valence-corrected chi connectivity index (χ2v) is 7.54. The van der Waals surface area contributed by atoms with Crippen LogP contribution in [0.2, 0.25) is 0 Å². The van der Waals surface area contributed by atoms with E-state index in [4.69, 9.17) is 4.74 Å². The van der Waals surface area contributed by atoms with Crippen molar-refractivity contribution in [3.8, 4) is 5.75 Å². The van der Waals surface area contributed by atoms with Gasteiger partial charge in [-0.3, -0.25) is 9.59 Å². The molecule has 2 atom stereocenters. The second-order valence-electron chi connectivity index (χ2n) is 7.54. The predicted molar refractivity (Wildman–Crippen MR) is 102 cm³/mol. The highest BCUT2D eigenvalue weighted by atomic mass is 16.5. The number of nitrogens with one attached hydrogen (secondary N) is 1. The van der Waals surface area contributed by atoms with E-state index in [1.54, 1.807) is 13.2 Å². The Bertz CT molecular complexity index is 1100. The quantitative estimate of drug-likeness (QED) is 0.761. The summed E-state index contributed by atoms with van der Waals surface area (Å²) >= 11 is 0. The summed E-state index contributed by atoms with van der Waals surface area (Å²) in [6, 6.07) is 13.1. The fourth-order valence-electron chi connectivity index (χ4n) is 4.58. The number of carbonyl (C=O) groups excluding carboxylic acids is 1. The number of likely N-dealkylation sites (tertiary alicyclic amines) is 1. The summed E-state index contributed by atoms with van der Waals surface area (Å²) in [6.45, 7) is 2.03. The maximum absolute atomic E-state index is 13.1. The van der Waals surface area contributed by atoms with E-state index in [1.807, 2.05) is 45.9 Å². The molecule has 5 rings (SSSR count). The summed E-state index contributed by atoms with van der Waals surface area (Å²) in [5.41, 5.74) is 2.61. The first kappa shape index (κ1) is 16.2. The third-order valence-corrected chi connectivity index (χ3v) is 5.83. The molecule has 0 radical (unpaired) electrons. The first-order valence-corrected chi connectivity index (χ1v) is 9.28. The van der Waals surface area contributed by atoms with Crippen molar-refractivity contribution in [3.05, 3.63) is 64.2 Å². The molecular formula is C21H21N3O3. The van der Waals surface area contributed by atoms with Crippen LogP contribution >= 0.6 is 0 Å². The number of benzene rings is 1. The molecule has 2 aliphatic rings. The zero-order valence-electron chi connectivity index (χ0n) is 15.1. The van der Waals surface area contributed by atoms with Gasteiger partial charge in [0.05, 0.1) is 7.11 Å². The molecule has 4 heterocycles. The maximum atomic E-state index is 13.1. The number of rotatable bonds is 2. The van der Waals surface area contributed by atoms with Crippen LogP contribution in [-0.4, -0.2) is 40.6 Å². The highest BCUT2D eigenvalue weighted by Crippen LogP contribution is 2.35. The van der Waals surface area contributed by atoms with E-state index in [0.717, 1.165) is 28.8 Å². The van der Waals surface area contributed by atoms with Gasteiger partial charge in [0.15, 0.2) is 0 Å². The van der Waals surface area contributed by atoms with Gasteiger partial charge in [-0.25, -0.2) is 0 Å². The van der Waals surface area contributed by atoms with Crippen LogP contribution in [0.3, 0.4) is 0 Å². The zero-order chi connectivity index (χ0) is 18.5. The summed E-state index contributed by atoms with van der Waals surface area (Å²) in [4.78, 5) is 30.4. The first-order chi connectivity index (χ1) is 13.1. The molecule has 2 aromatic heterocycles. The van der Waals surface area contributed by atoms with E-state index >= 15 is 0 Å². The minimum atomic E-state index is 0.0200. The number of aromatic amines is 1. The van der Waals surface area contributed by atoms with Crippen LogP contribution in [0.4, 0.5) is 0 Å². The molecule has 1 aromatic carbocycles. The smallest absolute Gasteiger partial charge is 0.270 e. The van der Waals surface area contributed by atoms with Crippen LogP contribution in [0.25, 0.3) is 10.9 Å². The third kappa shape index (κ3) is 2.63. The lowest BCUT2D eigenvalue weighted by atomic mass is 9.83. The molecule has 0 unspecified atom stereocenters. The van der Waals surface area contributed by atoms with Gasteiger partial charge in [-0.15, -0.1) is 0 Å². The lowest BCUT2D eigenvalue weighted by Crippen LogP contribution is -2.49. The Balaban J connectivity index is 1.44. The number of nitrogens with zero attached hydrogens (tertiary/aromatic N) is 2. The Hall–Kier alpha value is -3.02. The van der Waals surface area contributed by atoms with E-state index in [9.17, 15) is 9.59 Å². The van der Waals surface area contributed by atoms with Crippen molar-refractivity contribution in [1.29, 1.82) is 0 Å². The van der Waals surface area contributed by atoms with Gasteiger partial charge in [0.1, 0.15) is 11.4 Å². The monoisotopic (exact) mass is 363 g/mol. The van der Waals surface area contributed by atoms with Gasteiger partial charge in [0.25, 0.3) is 11.5 Å². The van der Waals surface area contributed by atoms with Gasteiger partial charge in [-0.05, 0) is 36.6 Å². The molecule has 2 bridgehead atoms. The molecule has 1 fully saturated rings. The Kier molecular flexibility index (Phi) is 3.60. The van der Waals surface area contributed by atoms with Crippen molar-refractivity contribution in [1.82, 2.24) is 14.5 Å². The standard InChI is InChI=1S/C21H21N3O3/c1-27-16-6-5-14-8-18(22-17(14)9-16)21(26)23-10-13-7-15(12-23)19-3-2-4-20(25)24(19)11-13/h2-6,8-9,13,15,22H,7,10-12H2,1H3/t13-,15+/m1/s1. The molecule has 138 valence electrons. The highest BCUT2D eigenvalue weighted by Gasteiger charge is 2.36. The lowest BCUT2D eigenvalue weighted by molar-refractivity contribution is 0.0589. The number of methoxy groups -OCH3 is 1. The number of amides is 1. The largest absolute Gasteiger partial charge is 0.497 e. The van der Waals surface area contributed by atoms with Crippen LogP contribution in [0, 0.1) is 5.92 Å². The minimum absolute atomic E-state index is 0.0200.